The van der Waals surface area contributed by atoms with E-state index in [1.165, 1.54) is 0 Å². The molecule has 4 rings (SSSR count). The zero-order chi connectivity index (χ0) is 26.9. The van der Waals surface area contributed by atoms with Gasteiger partial charge in [0, 0.05) is 50.6 Å². The van der Waals surface area contributed by atoms with Gasteiger partial charge in [0.25, 0.3) is 0 Å². The Morgan fingerprint density at radius 3 is 2.46 bits per heavy atom. The minimum absolute atomic E-state index is 0.0342. The van der Waals surface area contributed by atoms with Gasteiger partial charge in [-0.25, -0.2) is 9.78 Å². The highest BCUT2D eigenvalue weighted by atomic mass is 35.5. The Morgan fingerprint density at radius 2 is 1.84 bits per heavy atom. The number of fused-ring (bicyclic) bond motifs is 1. The molecule has 2 N–H and O–H groups in total. The number of aryl methyl sites for hydroxylation is 1. The molecule has 37 heavy (non-hydrogen) atoms. The second-order valence-electron chi connectivity index (χ2n) is 9.72. The Bertz CT molecular complexity index is 1460. The van der Waals surface area contributed by atoms with E-state index in [2.05, 4.69) is 5.32 Å². The quantitative estimate of drug-likeness (QED) is 0.271. The molecule has 0 aliphatic carbocycles. The van der Waals surface area contributed by atoms with Crippen LogP contribution < -0.4 is 10.1 Å². The fourth-order valence-corrected chi connectivity index (χ4v) is 4.65. The highest BCUT2D eigenvalue weighted by Gasteiger charge is 2.23. The molecule has 0 bridgehead atoms. The average Bonchev–Trinajstić information content (AvgIpc) is 3.12. The molecule has 0 radical (unpaired) electrons. The molecule has 0 atom stereocenters. The third kappa shape index (κ3) is 5.95. The largest absolute Gasteiger partial charge is 0.497 e. The van der Waals surface area contributed by atoms with Crippen molar-refractivity contribution in [2.75, 3.05) is 7.11 Å². The normalized spacial score (nSPS) is 11.5. The van der Waals surface area contributed by atoms with Crippen molar-refractivity contribution in [1.29, 1.82) is 0 Å². The van der Waals surface area contributed by atoms with Gasteiger partial charge >= 0.3 is 6.09 Å². The first kappa shape index (κ1) is 26.6. The van der Waals surface area contributed by atoms with E-state index in [0.29, 0.717) is 38.8 Å². The van der Waals surface area contributed by atoms with Gasteiger partial charge in [0.05, 0.1) is 13.7 Å². The molecule has 9 heteroatoms. The van der Waals surface area contributed by atoms with Crippen LogP contribution in [0.4, 0.5) is 4.79 Å². The molecule has 0 saturated carbocycles. The first-order valence-corrected chi connectivity index (χ1v) is 12.5. The summed E-state index contributed by atoms with van der Waals surface area (Å²) in [7, 11) is 1.62. The Labute approximate surface area is 225 Å². The van der Waals surface area contributed by atoms with Crippen LogP contribution in [-0.2, 0) is 17.8 Å². The Hall–Kier alpha value is -3.42. The number of halogens is 2. The van der Waals surface area contributed by atoms with Crippen LogP contribution in [-0.4, -0.2) is 33.5 Å². The predicted octanol–water partition coefficient (Wildman–Crippen LogP) is 7.11. The smallest absolute Gasteiger partial charge is 0.407 e. The van der Waals surface area contributed by atoms with E-state index in [4.69, 9.17) is 37.7 Å². The monoisotopic (exact) mass is 541 g/mol. The van der Waals surface area contributed by atoms with Crippen LogP contribution >= 0.6 is 23.2 Å². The van der Waals surface area contributed by atoms with E-state index >= 15 is 0 Å². The molecule has 2 aromatic heterocycles. The average molecular weight is 542 g/mol. The number of methoxy groups -OCH3 is 1. The lowest BCUT2D eigenvalue weighted by Gasteiger charge is -2.21. The number of alkyl carbamates (subject to hydrolysis) is 1. The zero-order valence-electron chi connectivity index (χ0n) is 21.4. The van der Waals surface area contributed by atoms with Crippen LogP contribution in [0.2, 0.25) is 10.0 Å². The van der Waals surface area contributed by atoms with Crippen LogP contribution in [0.1, 0.15) is 37.6 Å². The number of nitrogens with one attached hydrogen (secondary N) is 1. The van der Waals surface area contributed by atoms with E-state index in [0.717, 1.165) is 22.4 Å². The van der Waals surface area contributed by atoms with Crippen LogP contribution in [0.15, 0.2) is 48.7 Å². The number of rotatable bonds is 6. The molecule has 0 spiro atoms. The van der Waals surface area contributed by atoms with Crippen molar-refractivity contribution < 1.29 is 19.4 Å². The van der Waals surface area contributed by atoms with Gasteiger partial charge in [-0.1, -0.05) is 41.4 Å². The summed E-state index contributed by atoms with van der Waals surface area (Å²) < 4.78 is 12.4. The second kappa shape index (κ2) is 10.5. The van der Waals surface area contributed by atoms with Crippen molar-refractivity contribution in [2.45, 2.75) is 46.4 Å². The predicted molar refractivity (Wildman–Crippen MR) is 147 cm³/mol. The van der Waals surface area contributed by atoms with Gasteiger partial charge < -0.3 is 24.5 Å². The van der Waals surface area contributed by atoms with Crippen LogP contribution in [0.5, 0.6) is 11.6 Å². The van der Waals surface area contributed by atoms with Crippen LogP contribution in [0.3, 0.4) is 0 Å². The highest BCUT2D eigenvalue weighted by molar-refractivity contribution is 6.36. The summed E-state index contributed by atoms with van der Waals surface area (Å²) in [5.74, 6) is 0.789. The van der Waals surface area contributed by atoms with Gasteiger partial charge in [-0.2, -0.15) is 0 Å². The second-order valence-corrected chi connectivity index (χ2v) is 10.6. The van der Waals surface area contributed by atoms with Gasteiger partial charge in [-0.15, -0.1) is 0 Å². The van der Waals surface area contributed by atoms with Crippen molar-refractivity contribution >= 4 is 40.2 Å². The van der Waals surface area contributed by atoms with Crippen LogP contribution in [0, 0.1) is 6.92 Å². The minimum atomic E-state index is -0.631. The van der Waals surface area contributed by atoms with Crippen molar-refractivity contribution in [3.8, 4) is 22.8 Å². The first-order valence-electron chi connectivity index (χ1n) is 11.7. The Balaban J connectivity index is 1.83. The lowest BCUT2D eigenvalue weighted by molar-refractivity contribution is 0.0523. The number of ether oxygens (including phenoxy) is 2. The summed E-state index contributed by atoms with van der Waals surface area (Å²) in [5.41, 5.74) is 3.65. The van der Waals surface area contributed by atoms with Crippen molar-refractivity contribution in [3.63, 3.8) is 0 Å². The first-order chi connectivity index (χ1) is 17.5. The fraction of sp³-hybridized carbons (Fsp3) is 0.286. The standard InChI is InChI=1S/C28H29Cl2N3O4/c1-16-21(13-31-27(35)37-28(2,3)4)24(20-11-8-18(29)12-23(20)30)22-15-33(26(34)25(22)32-16)14-17-6-9-19(36-5)10-7-17/h6-12,15,34H,13-14H2,1-5H3,(H,31,35). The summed E-state index contributed by atoms with van der Waals surface area (Å²) in [6.07, 6.45) is 1.30. The number of hydrogen-bond acceptors (Lipinski definition) is 5. The van der Waals surface area contributed by atoms with E-state index in [9.17, 15) is 9.90 Å². The number of carbonyl (C=O) groups is 1. The van der Waals surface area contributed by atoms with E-state index < -0.39 is 11.7 Å². The Morgan fingerprint density at radius 1 is 1.14 bits per heavy atom. The van der Waals surface area contributed by atoms with Crippen LogP contribution in [0.25, 0.3) is 22.0 Å². The SMILES string of the molecule is COc1ccc(Cn2cc3c(-c4ccc(Cl)cc4Cl)c(CNC(=O)OC(C)(C)C)c(C)nc3c2O)cc1. The number of benzene rings is 2. The molecule has 4 aromatic rings. The third-order valence-corrected chi connectivity index (χ3v) is 6.38. The summed E-state index contributed by atoms with van der Waals surface area (Å²) in [5, 5.41) is 15.6. The molecular weight excluding hydrogens is 513 g/mol. The number of carbonyl (C=O) groups excluding carboxylic acids is 1. The molecule has 0 aliphatic rings. The Kier molecular flexibility index (Phi) is 7.57. The van der Waals surface area contributed by atoms with Gasteiger partial charge in [-0.05, 0) is 57.5 Å². The van der Waals surface area contributed by atoms with Crippen molar-refractivity contribution in [3.05, 3.63) is 75.5 Å². The molecule has 0 unspecified atom stereocenters. The maximum Gasteiger partial charge on any atom is 0.407 e. The van der Waals surface area contributed by atoms with Gasteiger partial charge in [-0.3, -0.25) is 0 Å². The summed E-state index contributed by atoms with van der Waals surface area (Å²) in [4.78, 5) is 17.1. The van der Waals surface area contributed by atoms with Gasteiger partial charge in [0.1, 0.15) is 16.9 Å². The number of aromatic hydroxyl groups is 1. The molecule has 0 saturated heterocycles. The van der Waals surface area contributed by atoms with Crippen molar-refractivity contribution in [2.24, 2.45) is 0 Å². The number of aromatic nitrogens is 2. The molecule has 2 aromatic carbocycles. The molecule has 0 aliphatic heterocycles. The highest BCUT2D eigenvalue weighted by Crippen LogP contribution is 2.41. The molecule has 2 heterocycles. The fourth-order valence-electron chi connectivity index (χ4n) is 4.15. The molecule has 0 fully saturated rings. The topological polar surface area (TPSA) is 85.6 Å². The van der Waals surface area contributed by atoms with E-state index in [1.807, 2.05) is 43.5 Å². The summed E-state index contributed by atoms with van der Waals surface area (Å²) in [6, 6.07) is 12.9. The lowest BCUT2D eigenvalue weighted by Crippen LogP contribution is -2.32. The minimum Gasteiger partial charge on any atom is -0.497 e. The van der Waals surface area contributed by atoms with E-state index in [1.54, 1.807) is 44.6 Å². The number of pyridine rings is 1. The molecule has 194 valence electrons. The summed E-state index contributed by atoms with van der Waals surface area (Å²) >= 11 is 12.8. The molecule has 7 nitrogen and oxygen atoms in total. The van der Waals surface area contributed by atoms with Gasteiger partial charge in [0.2, 0.25) is 5.88 Å². The van der Waals surface area contributed by atoms with Gasteiger partial charge in [0.15, 0.2) is 0 Å². The maximum absolute atomic E-state index is 12.4. The molecular formula is C28H29Cl2N3O4. The zero-order valence-corrected chi connectivity index (χ0v) is 22.9. The maximum atomic E-state index is 12.4. The third-order valence-electron chi connectivity index (χ3n) is 5.83. The number of amides is 1. The molecule has 1 amide bonds. The number of nitrogens with zero attached hydrogens (tertiary/aromatic N) is 2. The number of hydrogen-bond donors (Lipinski definition) is 2. The lowest BCUT2D eigenvalue weighted by atomic mass is 9.95. The summed E-state index contributed by atoms with van der Waals surface area (Å²) in [6.45, 7) is 7.82. The van der Waals surface area contributed by atoms with Crippen molar-refractivity contribution in [1.82, 2.24) is 14.9 Å². The van der Waals surface area contributed by atoms with E-state index in [-0.39, 0.29) is 12.4 Å².